The Hall–Kier alpha value is -1.69. The van der Waals surface area contributed by atoms with Gasteiger partial charge < -0.3 is 10.2 Å². The second-order valence-electron chi connectivity index (χ2n) is 5.79. The molecule has 1 unspecified atom stereocenters. The molecule has 1 aromatic heterocycles. The Morgan fingerprint density at radius 2 is 2.17 bits per heavy atom. The van der Waals surface area contributed by atoms with Crippen molar-refractivity contribution >= 4 is 23.4 Å². The summed E-state index contributed by atoms with van der Waals surface area (Å²) >= 11 is 5.65. The third-order valence-corrected chi connectivity index (χ3v) is 4.38. The number of carbonyl (C=O) groups excluding carboxylic acids is 2. The second-order valence-corrected chi connectivity index (χ2v) is 6.17. The Kier molecular flexibility index (Phi) is 6.77. The minimum atomic E-state index is -0.202. The summed E-state index contributed by atoms with van der Waals surface area (Å²) in [5.74, 6) is 0.787. The fourth-order valence-electron chi connectivity index (χ4n) is 2.92. The lowest BCUT2D eigenvalue weighted by molar-refractivity contribution is -0.130. The molecule has 2 heterocycles. The largest absolute Gasteiger partial charge is 0.354 e. The molecule has 2 amide bonds. The monoisotopic (exact) mass is 338 g/mol. The zero-order chi connectivity index (χ0) is 16.7. The number of likely N-dealkylation sites (tertiary alicyclic amines) is 1. The van der Waals surface area contributed by atoms with Crippen LogP contribution in [-0.2, 0) is 11.2 Å². The first-order valence-electron chi connectivity index (χ1n) is 8.00. The van der Waals surface area contributed by atoms with Crippen molar-refractivity contribution < 1.29 is 9.59 Å². The molecule has 0 radical (unpaired) electrons. The summed E-state index contributed by atoms with van der Waals surface area (Å²) in [6, 6.07) is 1.75. The molecule has 1 fully saturated rings. The van der Waals surface area contributed by atoms with Gasteiger partial charge in [0.15, 0.2) is 0 Å². The van der Waals surface area contributed by atoms with E-state index in [2.05, 4.69) is 15.3 Å². The van der Waals surface area contributed by atoms with E-state index in [0.29, 0.717) is 23.9 Å². The Bertz CT molecular complexity index is 553. The van der Waals surface area contributed by atoms with E-state index in [0.717, 1.165) is 44.5 Å². The number of carbonyl (C=O) groups is 2. The number of aromatic nitrogens is 2. The molecule has 23 heavy (non-hydrogen) atoms. The predicted molar refractivity (Wildman–Crippen MR) is 88.4 cm³/mol. The van der Waals surface area contributed by atoms with E-state index in [9.17, 15) is 9.59 Å². The lowest BCUT2D eigenvalue weighted by Crippen LogP contribution is -2.32. The number of alkyl halides is 1. The molecule has 0 aliphatic carbocycles. The highest BCUT2D eigenvalue weighted by molar-refractivity contribution is 6.18. The van der Waals surface area contributed by atoms with E-state index in [1.807, 2.05) is 4.90 Å². The number of amides is 2. The van der Waals surface area contributed by atoms with Crippen molar-refractivity contribution in [3.05, 3.63) is 23.8 Å². The fourth-order valence-corrected chi connectivity index (χ4v) is 3.08. The van der Waals surface area contributed by atoms with Crippen LogP contribution in [0.15, 0.2) is 12.4 Å². The zero-order valence-electron chi connectivity index (χ0n) is 13.4. The third kappa shape index (κ3) is 5.16. The first kappa shape index (κ1) is 17.7. The van der Waals surface area contributed by atoms with Gasteiger partial charge in [0.2, 0.25) is 5.91 Å². The Morgan fingerprint density at radius 1 is 1.35 bits per heavy atom. The summed E-state index contributed by atoms with van der Waals surface area (Å²) in [6.07, 6.45) is 5.66. The molecule has 126 valence electrons. The fraction of sp³-hybridized carbons (Fsp3) is 0.625. The molecule has 1 aromatic rings. The molecule has 0 bridgehead atoms. The minimum Gasteiger partial charge on any atom is -0.354 e. The topological polar surface area (TPSA) is 75.2 Å². The van der Waals surface area contributed by atoms with Crippen molar-refractivity contribution in [2.45, 2.75) is 32.1 Å². The first-order chi connectivity index (χ1) is 11.1. The summed E-state index contributed by atoms with van der Waals surface area (Å²) < 4.78 is 0. The van der Waals surface area contributed by atoms with Crippen molar-refractivity contribution in [3.8, 4) is 0 Å². The van der Waals surface area contributed by atoms with Crippen LogP contribution in [0.4, 0.5) is 0 Å². The van der Waals surface area contributed by atoms with Gasteiger partial charge in [-0.3, -0.25) is 9.59 Å². The second kappa shape index (κ2) is 8.82. The Balaban J connectivity index is 1.93. The van der Waals surface area contributed by atoms with Gasteiger partial charge in [0, 0.05) is 38.1 Å². The van der Waals surface area contributed by atoms with Crippen LogP contribution in [0.25, 0.3) is 0 Å². The van der Waals surface area contributed by atoms with Crippen molar-refractivity contribution in [2.24, 2.45) is 5.92 Å². The van der Waals surface area contributed by atoms with Gasteiger partial charge in [0.05, 0.1) is 0 Å². The highest BCUT2D eigenvalue weighted by Gasteiger charge is 2.21. The van der Waals surface area contributed by atoms with Gasteiger partial charge in [-0.25, -0.2) is 9.97 Å². The number of rotatable bonds is 5. The van der Waals surface area contributed by atoms with Crippen molar-refractivity contribution in [1.29, 1.82) is 0 Å². The number of nitrogens with zero attached hydrogens (tertiary/aromatic N) is 3. The molecule has 0 saturated carbocycles. The van der Waals surface area contributed by atoms with E-state index >= 15 is 0 Å². The van der Waals surface area contributed by atoms with Crippen LogP contribution in [0.2, 0.25) is 0 Å². The van der Waals surface area contributed by atoms with Crippen molar-refractivity contribution in [3.63, 3.8) is 0 Å². The third-order valence-electron chi connectivity index (χ3n) is 4.19. The smallest absolute Gasteiger partial charge is 0.269 e. The van der Waals surface area contributed by atoms with Crippen LogP contribution in [0, 0.1) is 5.92 Å². The maximum atomic E-state index is 11.9. The zero-order valence-corrected chi connectivity index (χ0v) is 14.2. The Morgan fingerprint density at radius 3 is 2.91 bits per heavy atom. The molecule has 1 N–H and O–H groups in total. The molecule has 1 atom stereocenters. The molecule has 1 aliphatic heterocycles. The van der Waals surface area contributed by atoms with Gasteiger partial charge in [0.25, 0.3) is 5.91 Å². The molecule has 2 rings (SSSR count). The molecule has 1 aliphatic rings. The summed E-state index contributed by atoms with van der Waals surface area (Å²) in [6.45, 7) is 1.58. The van der Waals surface area contributed by atoms with E-state index < -0.39 is 0 Å². The first-order valence-corrected chi connectivity index (χ1v) is 8.54. The number of halogens is 1. The van der Waals surface area contributed by atoms with Gasteiger partial charge >= 0.3 is 0 Å². The molecular formula is C16H23ClN4O2. The summed E-state index contributed by atoms with van der Waals surface area (Å²) in [5, 5.41) is 2.57. The van der Waals surface area contributed by atoms with Crippen molar-refractivity contribution in [2.75, 3.05) is 26.0 Å². The standard InChI is InChI=1S/C16H23ClN4O2/c1-18-16(23)14-10-13(19-11-20-14)9-12-3-2-7-21(8-5-12)15(22)4-6-17/h10-12H,2-9H2,1H3,(H,18,23). The van der Waals surface area contributed by atoms with Crippen LogP contribution >= 0.6 is 11.6 Å². The van der Waals surface area contributed by atoms with Crippen LogP contribution in [0.5, 0.6) is 0 Å². The molecule has 0 aromatic carbocycles. The quantitative estimate of drug-likeness (QED) is 0.828. The van der Waals surface area contributed by atoms with Crippen LogP contribution < -0.4 is 5.32 Å². The SMILES string of the molecule is CNC(=O)c1cc(CC2CCCN(C(=O)CCCl)CC2)ncn1. The molecule has 6 nitrogen and oxygen atoms in total. The van der Waals surface area contributed by atoms with Gasteiger partial charge in [0.1, 0.15) is 12.0 Å². The van der Waals surface area contributed by atoms with Gasteiger partial charge in [-0.15, -0.1) is 11.6 Å². The van der Waals surface area contributed by atoms with Crippen LogP contribution in [0.1, 0.15) is 41.9 Å². The molecule has 7 heteroatoms. The number of hydrogen-bond donors (Lipinski definition) is 1. The summed E-state index contributed by atoms with van der Waals surface area (Å²) in [4.78, 5) is 33.8. The maximum absolute atomic E-state index is 11.9. The lowest BCUT2D eigenvalue weighted by atomic mass is 9.95. The van der Waals surface area contributed by atoms with Crippen LogP contribution in [-0.4, -0.2) is 52.7 Å². The molecule has 0 spiro atoms. The van der Waals surface area contributed by atoms with E-state index in [-0.39, 0.29) is 11.8 Å². The average Bonchev–Trinajstić information content (AvgIpc) is 2.80. The van der Waals surface area contributed by atoms with E-state index in [1.54, 1.807) is 13.1 Å². The van der Waals surface area contributed by atoms with E-state index in [4.69, 9.17) is 11.6 Å². The molecule has 1 saturated heterocycles. The lowest BCUT2D eigenvalue weighted by Gasteiger charge is -2.20. The summed E-state index contributed by atoms with van der Waals surface area (Å²) in [5.41, 5.74) is 1.27. The van der Waals surface area contributed by atoms with Crippen LogP contribution in [0.3, 0.4) is 0 Å². The highest BCUT2D eigenvalue weighted by Crippen LogP contribution is 2.21. The van der Waals surface area contributed by atoms with Crippen molar-refractivity contribution in [1.82, 2.24) is 20.2 Å². The van der Waals surface area contributed by atoms with Gasteiger partial charge in [-0.2, -0.15) is 0 Å². The maximum Gasteiger partial charge on any atom is 0.269 e. The predicted octanol–water partition coefficient (Wildman–Crippen LogP) is 1.64. The van der Waals surface area contributed by atoms with Gasteiger partial charge in [-0.05, 0) is 37.7 Å². The Labute approximate surface area is 141 Å². The van der Waals surface area contributed by atoms with Gasteiger partial charge in [-0.1, -0.05) is 0 Å². The minimum absolute atomic E-state index is 0.143. The number of hydrogen-bond acceptors (Lipinski definition) is 4. The highest BCUT2D eigenvalue weighted by atomic mass is 35.5. The molecular weight excluding hydrogens is 316 g/mol. The summed E-state index contributed by atoms with van der Waals surface area (Å²) in [7, 11) is 1.59. The average molecular weight is 339 g/mol. The normalized spacial score (nSPS) is 18.3. The van der Waals surface area contributed by atoms with E-state index in [1.165, 1.54) is 6.33 Å². The number of nitrogens with one attached hydrogen (secondary N) is 1.